The molecule has 0 bridgehead atoms. The van der Waals surface area contributed by atoms with Crippen molar-refractivity contribution >= 4 is 0 Å². The molecule has 0 spiro atoms. The third kappa shape index (κ3) is 4.46. The van der Waals surface area contributed by atoms with Crippen LogP contribution in [0.2, 0.25) is 0 Å². The SMILES string of the molecule is [CH2]CCC(C)(N)CCC. The van der Waals surface area contributed by atoms with Crippen LogP contribution in [0.25, 0.3) is 0 Å². The van der Waals surface area contributed by atoms with E-state index in [9.17, 15) is 0 Å². The zero-order chi connectivity index (χ0) is 7.33. The zero-order valence-electron chi connectivity index (χ0n) is 6.61. The molecule has 55 valence electrons. The van der Waals surface area contributed by atoms with Crippen molar-refractivity contribution in [1.82, 2.24) is 0 Å². The van der Waals surface area contributed by atoms with Crippen molar-refractivity contribution < 1.29 is 0 Å². The molecule has 0 aromatic heterocycles. The molecule has 0 saturated carbocycles. The highest BCUT2D eigenvalue weighted by Gasteiger charge is 2.14. The van der Waals surface area contributed by atoms with Crippen LogP contribution in [0, 0.1) is 6.92 Å². The van der Waals surface area contributed by atoms with Gasteiger partial charge in [-0.05, 0) is 19.8 Å². The lowest BCUT2D eigenvalue weighted by molar-refractivity contribution is 0.399. The minimum Gasteiger partial charge on any atom is -0.325 e. The zero-order valence-corrected chi connectivity index (χ0v) is 6.61. The molecule has 0 aromatic carbocycles. The summed E-state index contributed by atoms with van der Waals surface area (Å²) in [6.45, 7) is 8.03. The molecule has 0 aliphatic heterocycles. The third-order valence-corrected chi connectivity index (χ3v) is 1.57. The molecule has 0 heterocycles. The Morgan fingerprint density at radius 3 is 2.33 bits per heavy atom. The van der Waals surface area contributed by atoms with Gasteiger partial charge in [-0.1, -0.05) is 26.7 Å². The fourth-order valence-corrected chi connectivity index (χ4v) is 1.10. The van der Waals surface area contributed by atoms with E-state index in [1.165, 1.54) is 6.42 Å². The van der Waals surface area contributed by atoms with E-state index in [1.54, 1.807) is 0 Å². The average molecular weight is 128 g/mol. The van der Waals surface area contributed by atoms with Crippen LogP contribution in [0.15, 0.2) is 0 Å². The maximum absolute atomic E-state index is 5.90. The highest BCUT2D eigenvalue weighted by atomic mass is 14.7. The molecular formula is C8H18N. The topological polar surface area (TPSA) is 26.0 Å². The van der Waals surface area contributed by atoms with Crippen molar-refractivity contribution in [3.8, 4) is 0 Å². The first-order chi connectivity index (χ1) is 4.12. The predicted octanol–water partition coefficient (Wildman–Crippen LogP) is 2.12. The number of hydrogen-bond donors (Lipinski definition) is 1. The summed E-state index contributed by atoms with van der Waals surface area (Å²) < 4.78 is 0. The average Bonchev–Trinajstić information content (AvgIpc) is 1.64. The van der Waals surface area contributed by atoms with Crippen LogP contribution in [0.3, 0.4) is 0 Å². The second kappa shape index (κ2) is 3.89. The largest absolute Gasteiger partial charge is 0.325 e. The maximum atomic E-state index is 5.90. The molecule has 1 unspecified atom stereocenters. The van der Waals surface area contributed by atoms with Crippen LogP contribution >= 0.6 is 0 Å². The van der Waals surface area contributed by atoms with Gasteiger partial charge in [0.25, 0.3) is 0 Å². The third-order valence-electron chi connectivity index (χ3n) is 1.57. The Morgan fingerprint density at radius 1 is 1.44 bits per heavy atom. The van der Waals surface area contributed by atoms with E-state index in [0.29, 0.717) is 0 Å². The van der Waals surface area contributed by atoms with Gasteiger partial charge in [-0.3, -0.25) is 0 Å². The van der Waals surface area contributed by atoms with Gasteiger partial charge in [-0.25, -0.2) is 0 Å². The highest BCUT2D eigenvalue weighted by Crippen LogP contribution is 2.14. The van der Waals surface area contributed by atoms with Gasteiger partial charge >= 0.3 is 0 Å². The monoisotopic (exact) mass is 128 g/mol. The lowest BCUT2D eigenvalue weighted by Gasteiger charge is -2.22. The minimum atomic E-state index is 0.0382. The molecule has 1 nitrogen and oxygen atoms in total. The van der Waals surface area contributed by atoms with Gasteiger partial charge in [0.2, 0.25) is 0 Å². The Balaban J connectivity index is 3.43. The van der Waals surface area contributed by atoms with Crippen molar-refractivity contribution in [2.45, 2.75) is 45.1 Å². The van der Waals surface area contributed by atoms with Gasteiger partial charge in [-0.2, -0.15) is 0 Å². The molecule has 1 heteroatoms. The predicted molar refractivity (Wildman–Crippen MR) is 42.1 cm³/mol. The molecule has 0 saturated heterocycles. The van der Waals surface area contributed by atoms with E-state index in [0.717, 1.165) is 19.3 Å². The summed E-state index contributed by atoms with van der Waals surface area (Å²) in [5.74, 6) is 0. The van der Waals surface area contributed by atoms with E-state index in [4.69, 9.17) is 5.73 Å². The Kier molecular flexibility index (Phi) is 3.87. The molecule has 0 rings (SSSR count). The Hall–Kier alpha value is -0.0400. The molecule has 1 atom stereocenters. The van der Waals surface area contributed by atoms with Gasteiger partial charge in [0.15, 0.2) is 0 Å². The summed E-state index contributed by atoms with van der Waals surface area (Å²) in [5, 5.41) is 0. The van der Waals surface area contributed by atoms with Crippen molar-refractivity contribution in [2.24, 2.45) is 5.73 Å². The molecule has 0 amide bonds. The number of nitrogens with two attached hydrogens (primary N) is 1. The molecule has 2 N–H and O–H groups in total. The summed E-state index contributed by atoms with van der Waals surface area (Å²) in [5.41, 5.74) is 5.94. The fraction of sp³-hybridized carbons (Fsp3) is 0.875. The second-order valence-corrected chi connectivity index (χ2v) is 3.01. The maximum Gasteiger partial charge on any atom is 0.0125 e. The summed E-state index contributed by atoms with van der Waals surface area (Å²) >= 11 is 0. The second-order valence-electron chi connectivity index (χ2n) is 3.01. The Bertz CT molecular complexity index is 59.0. The molecule has 1 radical (unpaired) electrons. The normalized spacial score (nSPS) is 12.0. The summed E-state index contributed by atoms with van der Waals surface area (Å²) in [4.78, 5) is 0. The van der Waals surface area contributed by atoms with E-state index in [-0.39, 0.29) is 5.54 Å². The standard InChI is InChI=1S/C8H18N/c1-4-6-8(3,9)7-5-2/h1,4-7,9H2,2-3H3. The molecular weight excluding hydrogens is 110 g/mol. The number of hydrogen-bond acceptors (Lipinski definition) is 1. The highest BCUT2D eigenvalue weighted by molar-refractivity contribution is 4.77. The first-order valence-corrected chi connectivity index (χ1v) is 3.70. The van der Waals surface area contributed by atoms with Gasteiger partial charge in [0.05, 0.1) is 0 Å². The van der Waals surface area contributed by atoms with E-state index >= 15 is 0 Å². The summed E-state index contributed by atoms with van der Waals surface area (Å²) in [6, 6.07) is 0. The Morgan fingerprint density at radius 2 is 2.00 bits per heavy atom. The van der Waals surface area contributed by atoms with Crippen LogP contribution in [-0.2, 0) is 0 Å². The lowest BCUT2D eigenvalue weighted by atomic mass is 9.92. The van der Waals surface area contributed by atoms with Crippen molar-refractivity contribution in [1.29, 1.82) is 0 Å². The lowest BCUT2D eigenvalue weighted by Crippen LogP contribution is -2.35. The van der Waals surface area contributed by atoms with Gasteiger partial charge < -0.3 is 5.73 Å². The van der Waals surface area contributed by atoms with Crippen molar-refractivity contribution in [2.75, 3.05) is 0 Å². The first-order valence-electron chi connectivity index (χ1n) is 3.70. The van der Waals surface area contributed by atoms with Crippen molar-refractivity contribution in [3.63, 3.8) is 0 Å². The van der Waals surface area contributed by atoms with E-state index in [1.807, 2.05) is 0 Å². The fourth-order valence-electron chi connectivity index (χ4n) is 1.10. The molecule has 0 aliphatic carbocycles. The smallest absolute Gasteiger partial charge is 0.0125 e. The van der Waals surface area contributed by atoms with Crippen LogP contribution < -0.4 is 5.73 Å². The summed E-state index contributed by atoms with van der Waals surface area (Å²) in [6.07, 6.45) is 4.28. The molecule has 9 heavy (non-hydrogen) atoms. The molecule has 0 aromatic rings. The van der Waals surface area contributed by atoms with Gasteiger partial charge in [0, 0.05) is 5.54 Å². The van der Waals surface area contributed by atoms with Crippen molar-refractivity contribution in [3.05, 3.63) is 6.92 Å². The summed E-state index contributed by atoms with van der Waals surface area (Å²) in [7, 11) is 0. The minimum absolute atomic E-state index is 0.0382. The van der Waals surface area contributed by atoms with Gasteiger partial charge in [0.1, 0.15) is 0 Å². The van der Waals surface area contributed by atoms with E-state index in [2.05, 4.69) is 20.8 Å². The first kappa shape index (κ1) is 8.96. The van der Waals surface area contributed by atoms with Crippen LogP contribution in [0.1, 0.15) is 39.5 Å². The Labute approximate surface area is 58.6 Å². The van der Waals surface area contributed by atoms with Gasteiger partial charge in [-0.15, -0.1) is 0 Å². The quantitative estimate of drug-likeness (QED) is 0.616. The number of rotatable bonds is 4. The molecule has 0 aliphatic rings. The van der Waals surface area contributed by atoms with Crippen LogP contribution in [-0.4, -0.2) is 5.54 Å². The van der Waals surface area contributed by atoms with E-state index < -0.39 is 0 Å². The van der Waals surface area contributed by atoms with Crippen LogP contribution in [0.5, 0.6) is 0 Å². The molecule has 0 fully saturated rings. The van der Waals surface area contributed by atoms with Crippen LogP contribution in [0.4, 0.5) is 0 Å².